The van der Waals surface area contributed by atoms with Gasteiger partial charge in [-0.25, -0.2) is 4.98 Å². The van der Waals surface area contributed by atoms with Gasteiger partial charge in [-0.2, -0.15) is 13.2 Å². The van der Waals surface area contributed by atoms with Gasteiger partial charge >= 0.3 is 6.18 Å². The highest BCUT2D eigenvalue weighted by Gasteiger charge is 2.35. The van der Waals surface area contributed by atoms with E-state index in [-0.39, 0.29) is 11.1 Å². The second kappa shape index (κ2) is 9.47. The summed E-state index contributed by atoms with van der Waals surface area (Å²) >= 11 is 0. The second-order valence-corrected chi connectivity index (χ2v) is 6.68. The average molecular weight is 426 g/mol. The van der Waals surface area contributed by atoms with Gasteiger partial charge in [0, 0.05) is 22.9 Å². The Balaban J connectivity index is 2.03. The molecule has 0 aliphatic heterocycles. The fraction of sp³-hybridized carbons (Fsp3) is 0.167. The van der Waals surface area contributed by atoms with Crippen LogP contribution in [0.2, 0.25) is 0 Å². The zero-order chi connectivity index (χ0) is 22.4. The zero-order valence-electron chi connectivity index (χ0n) is 17.0. The number of anilines is 1. The van der Waals surface area contributed by atoms with Crippen LogP contribution in [0.25, 0.3) is 17.2 Å². The van der Waals surface area contributed by atoms with E-state index in [0.717, 1.165) is 11.8 Å². The van der Waals surface area contributed by atoms with Gasteiger partial charge in [-0.3, -0.25) is 4.79 Å². The smallest absolute Gasteiger partial charge is 0.417 e. The van der Waals surface area contributed by atoms with Crippen molar-refractivity contribution in [2.24, 2.45) is 0 Å². The van der Waals surface area contributed by atoms with E-state index in [1.54, 1.807) is 56.3 Å². The third-order valence-corrected chi connectivity index (χ3v) is 4.41. The number of nitrogens with zero attached hydrogens (tertiary/aromatic N) is 1. The fourth-order valence-electron chi connectivity index (χ4n) is 3.15. The quantitative estimate of drug-likeness (QED) is 0.483. The molecular weight excluding hydrogens is 405 g/mol. The third-order valence-electron chi connectivity index (χ3n) is 4.41. The molecule has 0 atom stereocenters. The van der Waals surface area contributed by atoms with Crippen molar-refractivity contribution in [3.63, 3.8) is 0 Å². The van der Waals surface area contributed by atoms with Crippen molar-refractivity contribution >= 4 is 17.8 Å². The van der Waals surface area contributed by atoms with Gasteiger partial charge in [0.1, 0.15) is 11.6 Å². The minimum absolute atomic E-state index is 0.0446. The molecule has 0 bridgehead atoms. The average Bonchev–Trinajstić information content (AvgIpc) is 2.72. The van der Waals surface area contributed by atoms with Crippen LogP contribution in [-0.2, 0) is 11.0 Å². The minimum Gasteiger partial charge on any atom is -0.493 e. The van der Waals surface area contributed by atoms with E-state index in [1.165, 1.54) is 24.3 Å². The highest BCUT2D eigenvalue weighted by molar-refractivity contribution is 6.02. The van der Waals surface area contributed by atoms with Crippen LogP contribution >= 0.6 is 0 Å². The van der Waals surface area contributed by atoms with Gasteiger partial charge in [0.15, 0.2) is 0 Å². The van der Waals surface area contributed by atoms with Gasteiger partial charge < -0.3 is 10.1 Å². The second-order valence-electron chi connectivity index (χ2n) is 6.68. The van der Waals surface area contributed by atoms with E-state index in [2.05, 4.69) is 10.3 Å². The van der Waals surface area contributed by atoms with Gasteiger partial charge in [-0.05, 0) is 49.8 Å². The molecule has 31 heavy (non-hydrogen) atoms. The van der Waals surface area contributed by atoms with Crippen molar-refractivity contribution in [2.45, 2.75) is 20.0 Å². The Kier molecular flexibility index (Phi) is 6.74. The monoisotopic (exact) mass is 426 g/mol. The SMILES string of the molecule is CCOc1ccccc1-c1c(/C=C/C(=O)Nc2cccc(C)n2)cccc1C(F)(F)F. The normalized spacial score (nSPS) is 11.5. The summed E-state index contributed by atoms with van der Waals surface area (Å²) in [5.74, 6) is 0.199. The number of amides is 1. The molecule has 1 amide bonds. The first-order chi connectivity index (χ1) is 14.8. The number of carbonyl (C=O) groups is 1. The molecule has 0 aliphatic carbocycles. The minimum atomic E-state index is -4.58. The first-order valence-corrected chi connectivity index (χ1v) is 9.64. The van der Waals surface area contributed by atoms with Gasteiger partial charge in [-0.15, -0.1) is 0 Å². The molecule has 1 aromatic heterocycles. The number of para-hydroxylation sites is 1. The molecule has 0 radical (unpaired) electrons. The summed E-state index contributed by atoms with van der Waals surface area (Å²) in [6.45, 7) is 3.86. The molecule has 0 saturated heterocycles. The number of hydrogen-bond acceptors (Lipinski definition) is 3. The summed E-state index contributed by atoms with van der Waals surface area (Å²) in [4.78, 5) is 16.5. The Morgan fingerprint density at radius 3 is 2.52 bits per heavy atom. The van der Waals surface area contributed by atoms with E-state index in [0.29, 0.717) is 23.7 Å². The Hall–Kier alpha value is -3.61. The van der Waals surface area contributed by atoms with Crippen LogP contribution in [0.3, 0.4) is 0 Å². The molecule has 0 unspecified atom stereocenters. The van der Waals surface area contributed by atoms with Crippen LogP contribution in [0.5, 0.6) is 5.75 Å². The fourth-order valence-corrected chi connectivity index (χ4v) is 3.15. The number of aryl methyl sites for hydroxylation is 1. The van der Waals surface area contributed by atoms with E-state index < -0.39 is 17.6 Å². The molecule has 7 heteroatoms. The molecule has 2 aromatic carbocycles. The predicted octanol–water partition coefficient (Wildman–Crippen LogP) is 6.13. The van der Waals surface area contributed by atoms with Crippen LogP contribution < -0.4 is 10.1 Å². The largest absolute Gasteiger partial charge is 0.493 e. The number of alkyl halides is 3. The Morgan fingerprint density at radius 1 is 1.06 bits per heavy atom. The summed E-state index contributed by atoms with van der Waals surface area (Å²) in [7, 11) is 0. The summed E-state index contributed by atoms with van der Waals surface area (Å²) < 4.78 is 47.0. The first kappa shape index (κ1) is 22.1. The number of aromatic nitrogens is 1. The van der Waals surface area contributed by atoms with E-state index in [1.807, 2.05) is 0 Å². The number of halogens is 3. The number of nitrogens with one attached hydrogen (secondary N) is 1. The van der Waals surface area contributed by atoms with Crippen molar-refractivity contribution in [2.75, 3.05) is 11.9 Å². The molecule has 0 aliphatic rings. The van der Waals surface area contributed by atoms with Gasteiger partial charge in [0.25, 0.3) is 0 Å². The molecule has 0 fully saturated rings. The van der Waals surface area contributed by atoms with Gasteiger partial charge in [0.05, 0.1) is 12.2 Å². The lowest BCUT2D eigenvalue weighted by atomic mass is 9.93. The highest BCUT2D eigenvalue weighted by Crippen LogP contribution is 2.42. The molecule has 160 valence electrons. The number of ether oxygens (including phenoxy) is 1. The lowest BCUT2D eigenvalue weighted by Gasteiger charge is -2.18. The van der Waals surface area contributed by atoms with Crippen LogP contribution in [0, 0.1) is 6.92 Å². The van der Waals surface area contributed by atoms with Crippen LogP contribution in [-0.4, -0.2) is 17.5 Å². The number of rotatable bonds is 6. The van der Waals surface area contributed by atoms with Crippen molar-refractivity contribution in [3.8, 4) is 16.9 Å². The molecular formula is C24H21F3N2O2. The van der Waals surface area contributed by atoms with Crippen LogP contribution in [0.15, 0.2) is 66.7 Å². The maximum atomic E-state index is 13.8. The number of hydrogen-bond donors (Lipinski definition) is 1. The summed E-state index contributed by atoms with van der Waals surface area (Å²) in [6.07, 6.45) is -2.03. The Labute approximate surface area is 178 Å². The number of pyridine rings is 1. The van der Waals surface area contributed by atoms with Crippen molar-refractivity contribution in [1.29, 1.82) is 0 Å². The molecule has 0 saturated carbocycles. The van der Waals surface area contributed by atoms with E-state index in [9.17, 15) is 18.0 Å². The number of benzene rings is 2. The Morgan fingerprint density at radius 2 is 1.81 bits per heavy atom. The van der Waals surface area contributed by atoms with Crippen molar-refractivity contribution in [1.82, 2.24) is 4.98 Å². The summed E-state index contributed by atoms with van der Waals surface area (Å²) in [6, 6.07) is 15.6. The molecule has 3 aromatic rings. The predicted molar refractivity (Wildman–Crippen MR) is 115 cm³/mol. The van der Waals surface area contributed by atoms with E-state index in [4.69, 9.17) is 4.74 Å². The van der Waals surface area contributed by atoms with Crippen LogP contribution in [0.4, 0.5) is 19.0 Å². The summed E-state index contributed by atoms with van der Waals surface area (Å²) in [5.41, 5.74) is 0.431. The maximum Gasteiger partial charge on any atom is 0.417 e. The third kappa shape index (κ3) is 5.51. The van der Waals surface area contributed by atoms with E-state index >= 15 is 0 Å². The molecule has 3 rings (SSSR count). The van der Waals surface area contributed by atoms with Crippen LogP contribution in [0.1, 0.15) is 23.7 Å². The standard InChI is InChI=1S/C24H21F3N2O2/c1-3-31-20-12-5-4-10-18(20)23-17(9-7-11-19(23)24(25,26)27)14-15-22(30)29-21-13-6-8-16(2)28-21/h4-15H,3H2,1-2H3,(H,28,29,30)/b15-14+. The summed E-state index contributed by atoms with van der Waals surface area (Å²) in [5, 5.41) is 2.60. The highest BCUT2D eigenvalue weighted by atomic mass is 19.4. The van der Waals surface area contributed by atoms with Crippen molar-refractivity contribution in [3.05, 3.63) is 83.6 Å². The maximum absolute atomic E-state index is 13.8. The molecule has 1 heterocycles. The molecule has 1 N–H and O–H groups in total. The lowest BCUT2D eigenvalue weighted by Crippen LogP contribution is -2.10. The molecule has 0 spiro atoms. The van der Waals surface area contributed by atoms with Gasteiger partial charge in [-0.1, -0.05) is 36.4 Å². The molecule has 4 nitrogen and oxygen atoms in total. The Bertz CT molecular complexity index is 1110. The first-order valence-electron chi connectivity index (χ1n) is 9.64. The topological polar surface area (TPSA) is 51.2 Å². The van der Waals surface area contributed by atoms with Crippen molar-refractivity contribution < 1.29 is 22.7 Å². The lowest BCUT2D eigenvalue weighted by molar-refractivity contribution is -0.137. The number of carbonyl (C=O) groups excluding carboxylic acids is 1. The zero-order valence-corrected chi connectivity index (χ0v) is 17.0. The van der Waals surface area contributed by atoms with Gasteiger partial charge in [0.2, 0.25) is 5.91 Å².